The molecule has 2 atom stereocenters. The molecule has 0 rings (SSSR count). The minimum absolute atomic E-state index is 0.206. The largest absolute Gasteiger partial charge is 0.313 e. The first-order valence-corrected chi connectivity index (χ1v) is 6.95. The molecule has 0 unspecified atom stereocenters. The van der Waals surface area contributed by atoms with Gasteiger partial charge < -0.3 is 5.32 Å². The minimum atomic E-state index is -2.84. The van der Waals surface area contributed by atoms with Gasteiger partial charge in [0.2, 0.25) is 0 Å². The summed E-state index contributed by atoms with van der Waals surface area (Å²) in [6, 6.07) is 0.328. The van der Waals surface area contributed by atoms with Crippen LogP contribution in [0.2, 0.25) is 0 Å². The Morgan fingerprint density at radius 3 is 2.43 bits per heavy atom. The van der Waals surface area contributed by atoms with Crippen LogP contribution in [0.5, 0.6) is 0 Å². The van der Waals surface area contributed by atoms with E-state index in [1.54, 1.807) is 0 Å². The van der Waals surface area contributed by atoms with E-state index in [0.29, 0.717) is 18.5 Å². The van der Waals surface area contributed by atoms with Crippen LogP contribution in [0.4, 0.5) is 0 Å². The van der Waals surface area contributed by atoms with Gasteiger partial charge in [-0.05, 0) is 19.3 Å². The first kappa shape index (κ1) is 13.7. The smallest absolute Gasteiger partial charge is 0.148 e. The minimum Gasteiger partial charge on any atom is -0.313 e. The van der Waals surface area contributed by atoms with Crippen LogP contribution < -0.4 is 5.32 Å². The summed E-state index contributed by atoms with van der Waals surface area (Å²) >= 11 is 0. The third-order valence-electron chi connectivity index (χ3n) is 2.33. The van der Waals surface area contributed by atoms with E-state index in [1.807, 2.05) is 6.08 Å². The Morgan fingerprint density at radius 1 is 1.43 bits per heavy atom. The standard InChI is InChI=1S/C10H21NO2S/c1-5-6-9(2)10(3)11-7-8-14(4,12)13/h5,9-11H,1,6-8H2,2-4H3/t9-,10+/m0/s1. The van der Waals surface area contributed by atoms with Crippen molar-refractivity contribution in [3.05, 3.63) is 12.7 Å². The summed E-state index contributed by atoms with van der Waals surface area (Å²) in [5.41, 5.74) is 0. The SMILES string of the molecule is C=CC[C@H](C)[C@@H](C)NCCS(C)(=O)=O. The molecular formula is C10H21NO2S. The molecule has 0 aromatic heterocycles. The monoisotopic (exact) mass is 219 g/mol. The van der Waals surface area contributed by atoms with E-state index >= 15 is 0 Å². The van der Waals surface area contributed by atoms with Crippen LogP contribution in [-0.4, -0.2) is 33.0 Å². The zero-order valence-electron chi connectivity index (χ0n) is 9.29. The zero-order chi connectivity index (χ0) is 11.2. The summed E-state index contributed by atoms with van der Waals surface area (Å²) < 4.78 is 21.7. The normalized spacial score (nSPS) is 16.2. The molecule has 0 saturated carbocycles. The lowest BCUT2D eigenvalue weighted by Gasteiger charge is -2.19. The molecule has 0 radical (unpaired) electrons. The molecule has 0 spiro atoms. The number of hydrogen-bond donors (Lipinski definition) is 1. The van der Waals surface area contributed by atoms with Gasteiger partial charge in [-0.1, -0.05) is 13.0 Å². The molecule has 0 aromatic rings. The van der Waals surface area contributed by atoms with Crippen molar-refractivity contribution in [2.45, 2.75) is 26.3 Å². The van der Waals surface area contributed by atoms with Crippen LogP contribution in [-0.2, 0) is 9.84 Å². The molecule has 4 heteroatoms. The van der Waals surface area contributed by atoms with Crippen LogP contribution in [0, 0.1) is 5.92 Å². The van der Waals surface area contributed by atoms with Gasteiger partial charge in [0.15, 0.2) is 0 Å². The average Bonchev–Trinajstić information content (AvgIpc) is 2.02. The maximum Gasteiger partial charge on any atom is 0.148 e. The Morgan fingerprint density at radius 2 is 2.00 bits per heavy atom. The number of hydrogen-bond acceptors (Lipinski definition) is 3. The molecule has 0 saturated heterocycles. The van der Waals surface area contributed by atoms with Gasteiger partial charge in [0.1, 0.15) is 9.84 Å². The molecule has 14 heavy (non-hydrogen) atoms. The molecule has 0 amide bonds. The van der Waals surface area contributed by atoms with Crippen molar-refractivity contribution in [3.63, 3.8) is 0 Å². The van der Waals surface area contributed by atoms with Gasteiger partial charge in [0, 0.05) is 18.8 Å². The Bertz CT molecular complexity index is 259. The lowest BCUT2D eigenvalue weighted by atomic mass is 10.0. The summed E-state index contributed by atoms with van der Waals surface area (Å²) in [5, 5.41) is 3.20. The summed E-state index contributed by atoms with van der Waals surface area (Å²) in [6.45, 7) is 8.40. The lowest BCUT2D eigenvalue weighted by Crippen LogP contribution is -2.35. The number of allylic oxidation sites excluding steroid dienone is 1. The summed E-state index contributed by atoms with van der Waals surface area (Å²) in [4.78, 5) is 0. The molecule has 0 aliphatic carbocycles. The third kappa shape index (κ3) is 7.09. The fourth-order valence-electron chi connectivity index (χ4n) is 1.14. The van der Waals surface area contributed by atoms with Gasteiger partial charge in [-0.15, -0.1) is 6.58 Å². The molecule has 0 heterocycles. The van der Waals surface area contributed by atoms with Gasteiger partial charge >= 0.3 is 0 Å². The second-order valence-corrected chi connectivity index (χ2v) is 6.13. The van der Waals surface area contributed by atoms with Crippen molar-refractivity contribution in [2.75, 3.05) is 18.6 Å². The van der Waals surface area contributed by atoms with Crippen LogP contribution in [0.15, 0.2) is 12.7 Å². The van der Waals surface area contributed by atoms with Gasteiger partial charge in [0.25, 0.3) is 0 Å². The van der Waals surface area contributed by atoms with Gasteiger partial charge in [0.05, 0.1) is 5.75 Å². The predicted octanol–water partition coefficient (Wildman–Crippen LogP) is 1.22. The van der Waals surface area contributed by atoms with E-state index in [-0.39, 0.29) is 5.75 Å². The van der Waals surface area contributed by atoms with E-state index in [1.165, 1.54) is 6.26 Å². The summed E-state index contributed by atoms with van der Waals surface area (Å²) in [6.07, 6.45) is 4.10. The second kappa shape index (κ2) is 6.19. The van der Waals surface area contributed by atoms with E-state index in [2.05, 4.69) is 25.7 Å². The van der Waals surface area contributed by atoms with Gasteiger partial charge in [-0.3, -0.25) is 0 Å². The molecule has 0 bridgehead atoms. The van der Waals surface area contributed by atoms with Gasteiger partial charge in [-0.2, -0.15) is 0 Å². The first-order chi connectivity index (χ1) is 6.37. The Hall–Kier alpha value is -0.350. The quantitative estimate of drug-likeness (QED) is 0.655. The highest BCUT2D eigenvalue weighted by molar-refractivity contribution is 7.90. The number of nitrogens with one attached hydrogen (secondary N) is 1. The second-order valence-electron chi connectivity index (χ2n) is 3.87. The summed E-state index contributed by atoms with van der Waals surface area (Å²) in [5.74, 6) is 0.699. The number of rotatable bonds is 7. The average molecular weight is 219 g/mol. The Kier molecular flexibility index (Phi) is 6.04. The van der Waals surface area contributed by atoms with Crippen molar-refractivity contribution in [2.24, 2.45) is 5.92 Å². The fraction of sp³-hybridized carbons (Fsp3) is 0.800. The highest BCUT2D eigenvalue weighted by Gasteiger charge is 2.10. The Balaban J connectivity index is 3.73. The van der Waals surface area contributed by atoms with Crippen LogP contribution in [0.1, 0.15) is 20.3 Å². The van der Waals surface area contributed by atoms with Gasteiger partial charge in [-0.25, -0.2) is 8.42 Å². The molecule has 84 valence electrons. The maximum atomic E-state index is 10.9. The van der Waals surface area contributed by atoms with E-state index in [4.69, 9.17) is 0 Å². The predicted molar refractivity (Wildman–Crippen MR) is 61.2 cm³/mol. The topological polar surface area (TPSA) is 46.2 Å². The zero-order valence-corrected chi connectivity index (χ0v) is 10.1. The lowest BCUT2D eigenvalue weighted by molar-refractivity contribution is 0.412. The third-order valence-corrected chi connectivity index (χ3v) is 3.28. The molecule has 0 aliphatic heterocycles. The van der Waals surface area contributed by atoms with Crippen molar-refractivity contribution < 1.29 is 8.42 Å². The molecular weight excluding hydrogens is 198 g/mol. The molecule has 0 aromatic carbocycles. The molecule has 3 nitrogen and oxygen atoms in total. The van der Waals surface area contributed by atoms with E-state index < -0.39 is 9.84 Å². The molecule has 0 fully saturated rings. The number of sulfone groups is 1. The fourth-order valence-corrected chi connectivity index (χ4v) is 1.63. The highest BCUT2D eigenvalue weighted by atomic mass is 32.2. The van der Waals surface area contributed by atoms with Crippen LogP contribution >= 0.6 is 0 Å². The van der Waals surface area contributed by atoms with Crippen molar-refractivity contribution >= 4 is 9.84 Å². The highest BCUT2D eigenvalue weighted by Crippen LogP contribution is 2.07. The van der Waals surface area contributed by atoms with Crippen LogP contribution in [0.25, 0.3) is 0 Å². The maximum absolute atomic E-state index is 10.9. The van der Waals surface area contributed by atoms with Crippen LogP contribution in [0.3, 0.4) is 0 Å². The van der Waals surface area contributed by atoms with E-state index in [9.17, 15) is 8.42 Å². The van der Waals surface area contributed by atoms with E-state index in [0.717, 1.165) is 6.42 Å². The van der Waals surface area contributed by atoms with Crippen molar-refractivity contribution in [1.82, 2.24) is 5.32 Å². The summed E-state index contributed by atoms with van der Waals surface area (Å²) in [7, 11) is -2.84. The molecule has 1 N–H and O–H groups in total. The van der Waals surface area contributed by atoms with Crippen molar-refractivity contribution in [3.8, 4) is 0 Å². The van der Waals surface area contributed by atoms with Crippen molar-refractivity contribution in [1.29, 1.82) is 0 Å². The first-order valence-electron chi connectivity index (χ1n) is 4.89. The Labute approximate surface area is 87.5 Å². The molecule has 0 aliphatic rings.